The highest BCUT2D eigenvalue weighted by Crippen LogP contribution is 2.32. The van der Waals surface area contributed by atoms with Crippen LogP contribution in [0.5, 0.6) is 0 Å². The van der Waals surface area contributed by atoms with Gasteiger partial charge in [0.25, 0.3) is 0 Å². The van der Waals surface area contributed by atoms with Crippen LogP contribution in [0.15, 0.2) is 97.2 Å². The fourth-order valence-electron chi connectivity index (χ4n) is 11.0. The van der Waals surface area contributed by atoms with Gasteiger partial charge in [-0.05, 0) is 128 Å². The number of hydrogen-bond donors (Lipinski definition) is 23. The summed E-state index contributed by atoms with van der Waals surface area (Å²) >= 11 is 0. The molecule has 0 aromatic rings. The number of allylic oxidation sites excluding steroid dienone is 5. The molecule has 534 valence electrons. The maximum absolute atomic E-state index is 11.2. The molecule has 27 unspecified atom stereocenters. The van der Waals surface area contributed by atoms with E-state index in [1.165, 1.54) is 37.3 Å². The van der Waals surface area contributed by atoms with E-state index in [0.29, 0.717) is 50.5 Å². The minimum atomic E-state index is -1.86. The summed E-state index contributed by atoms with van der Waals surface area (Å²) in [5, 5.41) is 243. The van der Waals surface area contributed by atoms with E-state index < -0.39 is 171 Å². The van der Waals surface area contributed by atoms with Crippen LogP contribution in [0.3, 0.4) is 0 Å². The molecule has 2 fully saturated rings. The van der Waals surface area contributed by atoms with Gasteiger partial charge in [-0.15, -0.1) is 6.58 Å². The van der Waals surface area contributed by atoms with Crippen LogP contribution < -0.4 is 0 Å². The quantitative estimate of drug-likeness (QED) is 0.0192. The Hall–Kier alpha value is -3.08. The molecule has 25 nitrogen and oxygen atoms in total. The average molecular weight is 1320 g/mol. The Bertz CT molecular complexity index is 2160. The van der Waals surface area contributed by atoms with E-state index in [-0.39, 0.29) is 82.8 Å². The molecule has 0 aromatic carbocycles. The van der Waals surface area contributed by atoms with Crippen molar-refractivity contribution in [3.63, 3.8) is 0 Å². The summed E-state index contributed by atoms with van der Waals surface area (Å²) in [6.07, 6.45) is -12.9. The molecule has 0 saturated carbocycles. The molecule has 2 aliphatic heterocycles. The van der Waals surface area contributed by atoms with Crippen molar-refractivity contribution in [2.45, 2.75) is 307 Å². The van der Waals surface area contributed by atoms with Crippen LogP contribution in [0.4, 0.5) is 0 Å². The maximum atomic E-state index is 11.2. The van der Waals surface area contributed by atoms with E-state index in [1.54, 1.807) is 49.5 Å². The van der Waals surface area contributed by atoms with E-state index in [4.69, 9.17) is 14.6 Å². The van der Waals surface area contributed by atoms with Crippen molar-refractivity contribution in [1.29, 1.82) is 0 Å². The van der Waals surface area contributed by atoms with Crippen molar-refractivity contribution in [1.82, 2.24) is 0 Å². The second kappa shape index (κ2) is 46.2. The lowest BCUT2D eigenvalue weighted by Gasteiger charge is -2.42. The first-order valence-corrected chi connectivity index (χ1v) is 32.6. The normalized spacial score (nSPS) is 27.6. The molecule has 92 heavy (non-hydrogen) atoms. The minimum absolute atomic E-state index is 0.00281. The number of ether oxygens (including phenoxy) is 2. The van der Waals surface area contributed by atoms with Crippen molar-refractivity contribution in [2.75, 3.05) is 6.61 Å². The van der Waals surface area contributed by atoms with Crippen molar-refractivity contribution < 1.29 is 127 Å². The van der Waals surface area contributed by atoms with Gasteiger partial charge in [0, 0.05) is 25.2 Å². The second-order valence-corrected chi connectivity index (χ2v) is 25.3. The highest BCUT2D eigenvalue weighted by Gasteiger charge is 2.47. The predicted octanol–water partition coefficient (Wildman–Crippen LogP) is -1.25. The number of unbranched alkanes of at least 4 members (excludes halogenated alkanes) is 1. The highest BCUT2D eigenvalue weighted by molar-refractivity contribution is 5.11. The van der Waals surface area contributed by atoms with Crippen LogP contribution in [-0.2, 0) is 9.47 Å². The Morgan fingerprint density at radius 2 is 1.04 bits per heavy atom. The van der Waals surface area contributed by atoms with Gasteiger partial charge >= 0.3 is 0 Å². The molecule has 2 heterocycles. The molecule has 2 aliphatic rings. The molecule has 25 heteroatoms. The highest BCUT2D eigenvalue weighted by atomic mass is 16.6. The zero-order valence-corrected chi connectivity index (χ0v) is 53.6. The Morgan fingerprint density at radius 1 is 0.500 bits per heavy atom. The summed E-state index contributed by atoms with van der Waals surface area (Å²) in [4.78, 5) is 0. The summed E-state index contributed by atoms with van der Waals surface area (Å²) in [6, 6.07) is 0. The molecule has 0 radical (unpaired) electrons. The summed E-state index contributed by atoms with van der Waals surface area (Å²) in [6.45, 7) is 10.1. The van der Waals surface area contributed by atoms with E-state index in [0.717, 1.165) is 12.8 Å². The number of aliphatic hydroxyl groups is 23. The molecule has 2 rings (SSSR count). The van der Waals surface area contributed by atoms with Gasteiger partial charge in [-0.3, -0.25) is 0 Å². The largest absolute Gasteiger partial charge is 0.394 e. The third-order valence-corrected chi connectivity index (χ3v) is 17.2. The van der Waals surface area contributed by atoms with Crippen molar-refractivity contribution >= 4 is 0 Å². The van der Waals surface area contributed by atoms with Gasteiger partial charge in [-0.1, -0.05) is 92.0 Å². The first-order valence-electron chi connectivity index (χ1n) is 32.6. The Kier molecular flexibility index (Phi) is 42.7. The summed E-state index contributed by atoms with van der Waals surface area (Å²) in [5.41, 5.74) is 0.410. The lowest BCUT2D eigenvalue weighted by molar-refractivity contribution is -0.234. The van der Waals surface area contributed by atoms with Gasteiger partial charge in [-0.2, -0.15) is 0 Å². The fourth-order valence-corrected chi connectivity index (χ4v) is 11.0. The molecular weight excluding hydrogens is 1200 g/mol. The van der Waals surface area contributed by atoms with Crippen LogP contribution in [0.2, 0.25) is 0 Å². The lowest BCUT2D eigenvalue weighted by Crippen LogP contribution is -2.59. The van der Waals surface area contributed by atoms with Crippen LogP contribution >= 0.6 is 0 Å². The van der Waals surface area contributed by atoms with Crippen molar-refractivity contribution in [2.24, 2.45) is 5.92 Å². The maximum Gasteiger partial charge on any atom is 0.115 e. The standard InChI is InChI=1S/C67H116O25/c1-5-6-7-17-42(69)18-8-9-19-43(70)20-11-13-29-51(78)61(86)66-64(89)55(82)37-57(92-66)65(90)58(83)40(3)31-33-49(76)56-36-54(81)63(88)67(91-56)62(87)52(79)34-39(2)30-32-47(74)35-53(80)60(85)41(4)59(84)50(77)28-12-10-21-44(71)22-14-23-45(72)24-15-25-46(73)26-16-27-48(75)38-68/h5,8-10,12-14,18-19,22,29,34,41-90H,1,3,6-7,11,15-17,20-21,23-28,30-33,35-38H2,2,4H3. The zero-order chi connectivity index (χ0) is 69.2. The Labute approximate surface area is 542 Å². The van der Waals surface area contributed by atoms with Crippen molar-refractivity contribution in [3.8, 4) is 0 Å². The van der Waals surface area contributed by atoms with Crippen LogP contribution in [0.1, 0.15) is 149 Å². The van der Waals surface area contributed by atoms with E-state index in [9.17, 15) is 112 Å². The Balaban J connectivity index is 1.83. The van der Waals surface area contributed by atoms with E-state index in [2.05, 4.69) is 13.2 Å². The smallest absolute Gasteiger partial charge is 0.115 e. The van der Waals surface area contributed by atoms with E-state index >= 15 is 0 Å². The average Bonchev–Trinajstić information content (AvgIpc) is 0.835. The molecule has 2 saturated heterocycles. The summed E-state index contributed by atoms with van der Waals surface area (Å²) in [5.74, 6) is -1.05. The third kappa shape index (κ3) is 32.3. The predicted molar refractivity (Wildman–Crippen MR) is 341 cm³/mol. The number of hydrogen-bond acceptors (Lipinski definition) is 25. The zero-order valence-electron chi connectivity index (χ0n) is 53.6. The molecule has 27 atom stereocenters. The molecule has 0 spiro atoms. The lowest BCUT2D eigenvalue weighted by atomic mass is 9.86. The Morgan fingerprint density at radius 3 is 1.65 bits per heavy atom. The first kappa shape index (κ1) is 85.0. The monoisotopic (exact) mass is 1320 g/mol. The van der Waals surface area contributed by atoms with Crippen molar-refractivity contribution in [3.05, 3.63) is 97.2 Å². The van der Waals surface area contributed by atoms with Gasteiger partial charge in [0.1, 0.15) is 61.0 Å². The second-order valence-electron chi connectivity index (χ2n) is 25.3. The number of rotatable bonds is 48. The topological polar surface area (TPSA) is 484 Å². The summed E-state index contributed by atoms with van der Waals surface area (Å²) < 4.78 is 11.6. The fraction of sp³-hybridized carbons (Fsp3) is 0.761. The van der Waals surface area contributed by atoms with Crippen LogP contribution in [-0.4, -0.2) is 283 Å². The molecule has 0 aromatic heterocycles. The molecular formula is C67H116O25. The SMILES string of the molecule is C=CCCCC(O)C=CC=CC(O)CCC=CC(O)C(O)C1OC(C(O)C(O)C(=C)CCC(O)C2CC(O)C(O)C(C(O)C(O)C=C(C)CCC(O)CC(O)C(O)C(C)C(O)C(O)CC=CCC(O)C=CCC(O)CCCC(O)CCCC(O)CO)O2)CC(O)C1O. The molecule has 0 aliphatic carbocycles. The first-order chi connectivity index (χ1) is 43.4. The number of aliphatic hydroxyl groups excluding tert-OH is 23. The molecule has 0 amide bonds. The van der Waals surface area contributed by atoms with Gasteiger partial charge in [0.2, 0.25) is 0 Å². The van der Waals surface area contributed by atoms with Gasteiger partial charge in [-0.25, -0.2) is 0 Å². The van der Waals surface area contributed by atoms with Crippen LogP contribution in [0, 0.1) is 5.92 Å². The summed E-state index contributed by atoms with van der Waals surface area (Å²) in [7, 11) is 0. The van der Waals surface area contributed by atoms with Gasteiger partial charge in [0.15, 0.2) is 0 Å². The molecule has 23 N–H and O–H groups in total. The van der Waals surface area contributed by atoms with E-state index in [1.807, 2.05) is 0 Å². The van der Waals surface area contributed by atoms with Gasteiger partial charge in [0.05, 0.1) is 104 Å². The molecule has 0 bridgehead atoms. The third-order valence-electron chi connectivity index (χ3n) is 17.2. The minimum Gasteiger partial charge on any atom is -0.394 e. The van der Waals surface area contributed by atoms with Gasteiger partial charge < -0.3 is 127 Å². The van der Waals surface area contributed by atoms with Crippen LogP contribution in [0.25, 0.3) is 0 Å².